The van der Waals surface area contributed by atoms with Crippen LogP contribution < -0.4 is 15.4 Å². The number of ether oxygens (including phenoxy) is 1. The zero-order valence-corrected chi connectivity index (χ0v) is 13.4. The highest BCUT2D eigenvalue weighted by molar-refractivity contribution is 9.10. The summed E-state index contributed by atoms with van der Waals surface area (Å²) in [6.07, 6.45) is 0. The molecule has 0 amide bonds. The number of halogens is 1. The molecule has 20 heavy (non-hydrogen) atoms. The van der Waals surface area contributed by atoms with Crippen molar-refractivity contribution >= 4 is 38.9 Å². The van der Waals surface area contributed by atoms with E-state index in [0.717, 1.165) is 21.5 Å². The molecule has 0 bridgehead atoms. The van der Waals surface area contributed by atoms with Gasteiger partial charge in [0.05, 0.1) is 7.11 Å². The highest BCUT2D eigenvalue weighted by Gasteiger charge is 2.03. The van der Waals surface area contributed by atoms with Crippen molar-refractivity contribution in [3.8, 4) is 5.75 Å². The van der Waals surface area contributed by atoms with Gasteiger partial charge in [-0.25, -0.2) is 0 Å². The summed E-state index contributed by atoms with van der Waals surface area (Å²) >= 11 is 8.71. The summed E-state index contributed by atoms with van der Waals surface area (Å²) in [5.41, 5.74) is 2.00. The number of benzene rings is 2. The van der Waals surface area contributed by atoms with E-state index in [1.54, 1.807) is 7.11 Å². The first-order chi connectivity index (χ1) is 9.69. The molecular weight excluding hydrogens is 336 g/mol. The van der Waals surface area contributed by atoms with Gasteiger partial charge in [-0.3, -0.25) is 0 Å². The summed E-state index contributed by atoms with van der Waals surface area (Å²) in [6, 6.07) is 15.7. The lowest BCUT2D eigenvalue weighted by atomic mass is 10.2. The number of hydrogen-bond acceptors (Lipinski definition) is 2. The molecule has 0 saturated heterocycles. The van der Waals surface area contributed by atoms with Crippen molar-refractivity contribution < 1.29 is 4.74 Å². The molecule has 2 aromatic rings. The van der Waals surface area contributed by atoms with Crippen LogP contribution in [0.2, 0.25) is 0 Å². The first kappa shape index (κ1) is 14.8. The fourth-order valence-corrected chi connectivity index (χ4v) is 2.36. The maximum atomic E-state index is 5.30. The third-order valence-electron chi connectivity index (χ3n) is 2.71. The van der Waals surface area contributed by atoms with Crippen LogP contribution in [-0.2, 0) is 6.54 Å². The summed E-state index contributed by atoms with van der Waals surface area (Å²) in [6.45, 7) is 0.615. The average Bonchev–Trinajstić information content (AvgIpc) is 2.45. The lowest BCUT2D eigenvalue weighted by Crippen LogP contribution is -2.28. The van der Waals surface area contributed by atoms with Crippen LogP contribution in [0.25, 0.3) is 0 Å². The van der Waals surface area contributed by atoms with Crippen LogP contribution >= 0.6 is 28.1 Å². The second-order valence-electron chi connectivity index (χ2n) is 4.13. The SMILES string of the molecule is COc1ccccc1CNC(=S)Nc1cccc(Br)c1. The number of hydrogen-bond donors (Lipinski definition) is 2. The first-order valence-electron chi connectivity index (χ1n) is 6.11. The van der Waals surface area contributed by atoms with Crippen molar-refractivity contribution in [2.75, 3.05) is 12.4 Å². The predicted molar refractivity (Wildman–Crippen MR) is 90.2 cm³/mol. The van der Waals surface area contributed by atoms with E-state index >= 15 is 0 Å². The zero-order chi connectivity index (χ0) is 14.4. The van der Waals surface area contributed by atoms with Crippen molar-refractivity contribution in [2.45, 2.75) is 6.54 Å². The molecule has 0 aromatic heterocycles. The Morgan fingerprint density at radius 3 is 2.75 bits per heavy atom. The van der Waals surface area contributed by atoms with E-state index in [4.69, 9.17) is 17.0 Å². The summed E-state index contributed by atoms with van der Waals surface area (Å²) < 4.78 is 6.31. The van der Waals surface area contributed by atoms with Gasteiger partial charge in [0.2, 0.25) is 0 Å². The van der Waals surface area contributed by atoms with E-state index < -0.39 is 0 Å². The van der Waals surface area contributed by atoms with Crippen molar-refractivity contribution in [3.05, 3.63) is 58.6 Å². The molecule has 0 atom stereocenters. The highest BCUT2D eigenvalue weighted by atomic mass is 79.9. The van der Waals surface area contributed by atoms with Crippen LogP contribution in [0, 0.1) is 0 Å². The van der Waals surface area contributed by atoms with Gasteiger partial charge in [-0.05, 0) is 36.5 Å². The normalized spacial score (nSPS) is 9.90. The number of nitrogens with one attached hydrogen (secondary N) is 2. The largest absolute Gasteiger partial charge is 0.496 e. The average molecular weight is 351 g/mol. The molecule has 104 valence electrons. The topological polar surface area (TPSA) is 33.3 Å². The van der Waals surface area contributed by atoms with Gasteiger partial charge >= 0.3 is 0 Å². The molecule has 5 heteroatoms. The van der Waals surface area contributed by atoms with Crippen LogP contribution in [0.5, 0.6) is 5.75 Å². The lowest BCUT2D eigenvalue weighted by molar-refractivity contribution is 0.409. The fraction of sp³-hybridized carbons (Fsp3) is 0.133. The second kappa shape index (κ2) is 7.26. The molecule has 3 nitrogen and oxygen atoms in total. The molecule has 0 aliphatic heterocycles. The monoisotopic (exact) mass is 350 g/mol. The van der Waals surface area contributed by atoms with Gasteiger partial charge < -0.3 is 15.4 Å². The summed E-state index contributed by atoms with van der Waals surface area (Å²) in [5.74, 6) is 0.852. The summed E-state index contributed by atoms with van der Waals surface area (Å²) in [5, 5.41) is 6.88. The second-order valence-corrected chi connectivity index (χ2v) is 5.45. The van der Waals surface area contributed by atoms with Gasteiger partial charge in [-0.1, -0.05) is 40.2 Å². The van der Waals surface area contributed by atoms with Crippen LogP contribution in [-0.4, -0.2) is 12.2 Å². The van der Waals surface area contributed by atoms with Gasteiger partial charge in [-0.15, -0.1) is 0 Å². The number of thiocarbonyl (C=S) groups is 1. The molecule has 2 rings (SSSR count). The maximum absolute atomic E-state index is 5.30. The van der Waals surface area contributed by atoms with Gasteiger partial charge in [0, 0.05) is 22.3 Å². The van der Waals surface area contributed by atoms with E-state index in [1.165, 1.54) is 0 Å². The Morgan fingerprint density at radius 1 is 1.20 bits per heavy atom. The van der Waals surface area contributed by atoms with Crippen molar-refractivity contribution in [2.24, 2.45) is 0 Å². The molecule has 0 radical (unpaired) electrons. The standard InChI is InChI=1S/C15H15BrN2OS/c1-19-14-8-3-2-5-11(14)10-17-15(20)18-13-7-4-6-12(16)9-13/h2-9H,10H2,1H3,(H2,17,18,20). The van der Waals surface area contributed by atoms with Gasteiger partial charge in [0.1, 0.15) is 5.75 Å². The molecule has 0 aliphatic carbocycles. The zero-order valence-electron chi connectivity index (χ0n) is 11.0. The van der Waals surface area contributed by atoms with Gasteiger partial charge in [0.25, 0.3) is 0 Å². The van der Waals surface area contributed by atoms with Crippen LogP contribution in [0.1, 0.15) is 5.56 Å². The maximum Gasteiger partial charge on any atom is 0.171 e. The Labute approximate surface area is 132 Å². The number of methoxy groups -OCH3 is 1. The number of rotatable bonds is 4. The molecule has 0 aliphatic rings. The van der Waals surface area contributed by atoms with Crippen LogP contribution in [0.15, 0.2) is 53.0 Å². The summed E-state index contributed by atoms with van der Waals surface area (Å²) in [7, 11) is 1.66. The van der Waals surface area contributed by atoms with E-state index in [1.807, 2.05) is 48.5 Å². The fourth-order valence-electron chi connectivity index (χ4n) is 1.77. The molecular formula is C15H15BrN2OS. The Hall–Kier alpha value is -1.59. The number of para-hydroxylation sites is 1. The van der Waals surface area contributed by atoms with Crippen molar-refractivity contribution in [1.29, 1.82) is 0 Å². The third kappa shape index (κ3) is 4.21. The molecule has 0 spiro atoms. The minimum Gasteiger partial charge on any atom is -0.496 e. The molecule has 0 saturated carbocycles. The van der Waals surface area contributed by atoms with Gasteiger partial charge in [-0.2, -0.15) is 0 Å². The number of anilines is 1. The van der Waals surface area contributed by atoms with Crippen LogP contribution in [0.3, 0.4) is 0 Å². The molecule has 0 heterocycles. The lowest BCUT2D eigenvalue weighted by Gasteiger charge is -2.12. The van der Waals surface area contributed by atoms with Gasteiger partial charge in [0.15, 0.2) is 5.11 Å². The molecule has 2 aromatic carbocycles. The van der Waals surface area contributed by atoms with Crippen molar-refractivity contribution in [1.82, 2.24) is 5.32 Å². The highest BCUT2D eigenvalue weighted by Crippen LogP contribution is 2.17. The third-order valence-corrected chi connectivity index (χ3v) is 3.45. The molecule has 2 N–H and O–H groups in total. The molecule has 0 unspecified atom stereocenters. The Kier molecular flexibility index (Phi) is 5.38. The minimum absolute atomic E-state index is 0.578. The van der Waals surface area contributed by atoms with E-state index in [0.29, 0.717) is 11.7 Å². The van der Waals surface area contributed by atoms with E-state index in [2.05, 4.69) is 26.6 Å². The Bertz CT molecular complexity index is 604. The Balaban J connectivity index is 1.92. The first-order valence-corrected chi connectivity index (χ1v) is 7.31. The smallest absolute Gasteiger partial charge is 0.171 e. The van der Waals surface area contributed by atoms with Crippen molar-refractivity contribution in [3.63, 3.8) is 0 Å². The quantitative estimate of drug-likeness (QED) is 0.818. The van der Waals surface area contributed by atoms with Crippen LogP contribution in [0.4, 0.5) is 5.69 Å². The predicted octanol–water partition coefficient (Wildman–Crippen LogP) is 3.94. The molecule has 0 fully saturated rings. The van der Waals surface area contributed by atoms with E-state index in [-0.39, 0.29) is 0 Å². The minimum atomic E-state index is 0.578. The Morgan fingerprint density at radius 2 is 2.00 bits per heavy atom. The summed E-state index contributed by atoms with van der Waals surface area (Å²) in [4.78, 5) is 0. The van der Waals surface area contributed by atoms with E-state index in [9.17, 15) is 0 Å².